The largest absolute Gasteiger partial charge is 0.338 e. The van der Waals surface area contributed by atoms with Crippen LogP contribution in [0.3, 0.4) is 0 Å². The van der Waals surface area contributed by atoms with Crippen LogP contribution in [-0.4, -0.2) is 45.5 Å². The van der Waals surface area contributed by atoms with Gasteiger partial charge in [0.25, 0.3) is 0 Å². The standard InChI is InChI=1S/C21H30N4O/c1-17-6-3-7-19(14-17)15-21-20(8-4-12-25(21)18(2)26)23-9-5-11-24-13-10-22-16-24/h3,6-7,10,13-14,16,20-21,23H,4-5,8-9,11-12,15H2,1-2H3/t20-,21-/m0/s1. The fourth-order valence-corrected chi connectivity index (χ4v) is 3.99. The van der Waals surface area contributed by atoms with Gasteiger partial charge < -0.3 is 14.8 Å². The minimum atomic E-state index is 0.188. The van der Waals surface area contributed by atoms with Crippen molar-refractivity contribution in [2.75, 3.05) is 13.1 Å². The summed E-state index contributed by atoms with van der Waals surface area (Å²) >= 11 is 0. The van der Waals surface area contributed by atoms with Crippen molar-refractivity contribution in [3.63, 3.8) is 0 Å². The third kappa shape index (κ3) is 4.94. The van der Waals surface area contributed by atoms with Gasteiger partial charge >= 0.3 is 0 Å². The van der Waals surface area contributed by atoms with Gasteiger partial charge in [-0.15, -0.1) is 0 Å². The first-order valence-electron chi connectivity index (χ1n) is 9.65. The van der Waals surface area contributed by atoms with Crippen molar-refractivity contribution in [1.82, 2.24) is 19.8 Å². The van der Waals surface area contributed by atoms with Crippen molar-refractivity contribution < 1.29 is 4.79 Å². The van der Waals surface area contributed by atoms with Crippen LogP contribution in [-0.2, 0) is 17.8 Å². The topological polar surface area (TPSA) is 50.2 Å². The Balaban J connectivity index is 1.61. The van der Waals surface area contributed by atoms with E-state index in [1.807, 2.05) is 18.7 Å². The van der Waals surface area contributed by atoms with Gasteiger partial charge in [-0.3, -0.25) is 4.79 Å². The van der Waals surface area contributed by atoms with Crippen LogP contribution in [0.15, 0.2) is 43.0 Å². The highest BCUT2D eigenvalue weighted by molar-refractivity contribution is 5.73. The number of hydrogen-bond acceptors (Lipinski definition) is 3. The monoisotopic (exact) mass is 354 g/mol. The molecule has 1 aliphatic heterocycles. The number of amides is 1. The lowest BCUT2D eigenvalue weighted by atomic mass is 9.90. The van der Waals surface area contributed by atoms with E-state index in [1.165, 1.54) is 11.1 Å². The summed E-state index contributed by atoms with van der Waals surface area (Å²) in [6.07, 6.45) is 9.85. The predicted molar refractivity (Wildman–Crippen MR) is 104 cm³/mol. The van der Waals surface area contributed by atoms with Gasteiger partial charge in [-0.25, -0.2) is 4.98 Å². The molecule has 2 heterocycles. The zero-order valence-corrected chi connectivity index (χ0v) is 15.9. The predicted octanol–water partition coefficient (Wildman–Crippen LogP) is 2.79. The van der Waals surface area contributed by atoms with Crippen LogP contribution in [0.4, 0.5) is 0 Å². The normalized spacial score (nSPS) is 20.3. The van der Waals surface area contributed by atoms with Gasteiger partial charge in [0.1, 0.15) is 0 Å². The van der Waals surface area contributed by atoms with Gasteiger partial charge in [0, 0.05) is 38.4 Å². The zero-order valence-electron chi connectivity index (χ0n) is 15.9. The highest BCUT2D eigenvalue weighted by Crippen LogP contribution is 2.22. The first-order valence-corrected chi connectivity index (χ1v) is 9.65. The van der Waals surface area contributed by atoms with Crippen LogP contribution >= 0.6 is 0 Å². The Kier molecular flexibility index (Phi) is 6.45. The fraction of sp³-hybridized carbons (Fsp3) is 0.524. The smallest absolute Gasteiger partial charge is 0.219 e. The third-order valence-electron chi connectivity index (χ3n) is 5.27. The number of piperidine rings is 1. The number of aromatic nitrogens is 2. The summed E-state index contributed by atoms with van der Waals surface area (Å²) in [4.78, 5) is 18.3. The van der Waals surface area contributed by atoms with Crippen LogP contribution < -0.4 is 5.32 Å². The van der Waals surface area contributed by atoms with Crippen LogP contribution in [0.25, 0.3) is 0 Å². The Morgan fingerprint density at radius 2 is 2.27 bits per heavy atom. The molecule has 0 radical (unpaired) electrons. The quantitative estimate of drug-likeness (QED) is 0.778. The average Bonchev–Trinajstić information content (AvgIpc) is 3.13. The summed E-state index contributed by atoms with van der Waals surface area (Å²) in [6, 6.07) is 9.24. The number of likely N-dealkylation sites (tertiary alicyclic amines) is 1. The van der Waals surface area contributed by atoms with E-state index >= 15 is 0 Å². The van der Waals surface area contributed by atoms with E-state index in [9.17, 15) is 4.79 Å². The molecule has 1 saturated heterocycles. The second kappa shape index (κ2) is 8.99. The molecule has 0 spiro atoms. The molecule has 1 N–H and O–H groups in total. The summed E-state index contributed by atoms with van der Waals surface area (Å²) in [5.74, 6) is 0.188. The maximum atomic E-state index is 12.2. The lowest BCUT2D eigenvalue weighted by Gasteiger charge is -2.41. The molecule has 0 saturated carbocycles. The number of hydrogen-bond donors (Lipinski definition) is 1. The summed E-state index contributed by atoms with van der Waals surface area (Å²) in [5.41, 5.74) is 2.59. The number of nitrogens with zero attached hydrogens (tertiary/aromatic N) is 3. The molecule has 2 atom stereocenters. The maximum absolute atomic E-state index is 12.2. The van der Waals surface area contributed by atoms with E-state index in [1.54, 1.807) is 6.92 Å². The van der Waals surface area contributed by atoms with E-state index in [0.29, 0.717) is 6.04 Å². The van der Waals surface area contributed by atoms with Crippen molar-refractivity contribution in [1.29, 1.82) is 0 Å². The number of carbonyl (C=O) groups is 1. The molecule has 1 aliphatic rings. The SMILES string of the molecule is CC(=O)N1CCC[C@H](NCCCn2ccnc2)[C@@H]1Cc1cccc(C)c1. The highest BCUT2D eigenvalue weighted by Gasteiger charge is 2.32. The number of aryl methyl sites for hydroxylation is 2. The van der Waals surface area contributed by atoms with Crippen LogP contribution in [0, 0.1) is 6.92 Å². The van der Waals surface area contributed by atoms with Crippen molar-refractivity contribution in [3.05, 3.63) is 54.1 Å². The molecule has 0 bridgehead atoms. The lowest BCUT2D eigenvalue weighted by molar-refractivity contribution is -0.133. The molecule has 1 fully saturated rings. The Morgan fingerprint density at radius 1 is 1.38 bits per heavy atom. The fourth-order valence-electron chi connectivity index (χ4n) is 3.99. The summed E-state index contributed by atoms with van der Waals surface area (Å²) in [6.45, 7) is 6.63. The highest BCUT2D eigenvalue weighted by atomic mass is 16.2. The van der Waals surface area contributed by atoms with Crippen molar-refractivity contribution in [2.24, 2.45) is 0 Å². The first kappa shape index (κ1) is 18.6. The third-order valence-corrected chi connectivity index (χ3v) is 5.27. The van der Waals surface area contributed by atoms with Gasteiger partial charge in [-0.2, -0.15) is 0 Å². The number of benzene rings is 1. The minimum absolute atomic E-state index is 0.188. The molecule has 1 amide bonds. The van der Waals surface area contributed by atoms with Crippen LogP contribution in [0.1, 0.15) is 37.3 Å². The molecule has 0 unspecified atom stereocenters. The molecule has 5 heteroatoms. The van der Waals surface area contributed by atoms with Crippen LogP contribution in [0.2, 0.25) is 0 Å². The lowest BCUT2D eigenvalue weighted by Crippen LogP contribution is -2.56. The van der Waals surface area contributed by atoms with Crippen molar-refractivity contribution >= 4 is 5.91 Å². The van der Waals surface area contributed by atoms with E-state index in [-0.39, 0.29) is 11.9 Å². The number of nitrogens with one attached hydrogen (secondary N) is 1. The second-order valence-electron chi connectivity index (χ2n) is 7.33. The molecular formula is C21H30N4O. The first-order chi connectivity index (χ1) is 12.6. The Bertz CT molecular complexity index is 698. The molecule has 0 aliphatic carbocycles. The van der Waals surface area contributed by atoms with E-state index in [4.69, 9.17) is 0 Å². The molecule has 1 aromatic heterocycles. The van der Waals surface area contributed by atoms with Gasteiger partial charge in [0.15, 0.2) is 0 Å². The minimum Gasteiger partial charge on any atom is -0.338 e. The molecular weight excluding hydrogens is 324 g/mol. The van der Waals surface area contributed by atoms with Crippen molar-refractivity contribution in [2.45, 2.75) is 58.2 Å². The zero-order chi connectivity index (χ0) is 18.4. The molecule has 3 rings (SSSR count). The maximum Gasteiger partial charge on any atom is 0.219 e. The molecule has 5 nitrogen and oxygen atoms in total. The van der Waals surface area contributed by atoms with E-state index < -0.39 is 0 Å². The molecule has 26 heavy (non-hydrogen) atoms. The second-order valence-corrected chi connectivity index (χ2v) is 7.33. The van der Waals surface area contributed by atoms with E-state index in [2.05, 4.69) is 51.0 Å². The van der Waals surface area contributed by atoms with Crippen molar-refractivity contribution in [3.8, 4) is 0 Å². The molecule has 1 aromatic carbocycles. The summed E-state index contributed by atoms with van der Waals surface area (Å²) < 4.78 is 2.11. The number of carbonyl (C=O) groups excluding carboxylic acids is 1. The summed E-state index contributed by atoms with van der Waals surface area (Å²) in [7, 11) is 0. The van der Waals surface area contributed by atoms with Gasteiger partial charge in [-0.05, 0) is 44.7 Å². The summed E-state index contributed by atoms with van der Waals surface area (Å²) in [5, 5.41) is 3.73. The van der Waals surface area contributed by atoms with Crippen LogP contribution in [0.5, 0.6) is 0 Å². The van der Waals surface area contributed by atoms with Gasteiger partial charge in [-0.1, -0.05) is 29.8 Å². The Morgan fingerprint density at radius 3 is 3.00 bits per heavy atom. The van der Waals surface area contributed by atoms with Gasteiger partial charge in [0.05, 0.1) is 12.4 Å². The van der Waals surface area contributed by atoms with Gasteiger partial charge in [0.2, 0.25) is 5.91 Å². The Labute approximate surface area is 156 Å². The molecule has 140 valence electrons. The Hall–Kier alpha value is -2.14. The average molecular weight is 354 g/mol. The molecule has 2 aromatic rings. The van der Waals surface area contributed by atoms with E-state index in [0.717, 1.165) is 45.3 Å². The number of imidazole rings is 1. The number of rotatable bonds is 7.